The van der Waals surface area contributed by atoms with E-state index >= 15 is 0 Å². The minimum Gasteiger partial charge on any atom is -0.497 e. The maximum Gasteiger partial charge on any atom is 0.309 e. The highest BCUT2D eigenvalue weighted by Gasteiger charge is 2.14. The molecule has 1 heterocycles. The number of hydrogen-bond acceptors (Lipinski definition) is 5. The highest BCUT2D eigenvalue weighted by atomic mass is 35.5. The van der Waals surface area contributed by atoms with E-state index in [1.165, 1.54) is 11.3 Å². The Kier molecular flexibility index (Phi) is 5.75. The van der Waals surface area contributed by atoms with Gasteiger partial charge in [0.15, 0.2) is 0 Å². The summed E-state index contributed by atoms with van der Waals surface area (Å²) in [6.07, 6.45) is -0.104. The third kappa shape index (κ3) is 4.53. The lowest BCUT2D eigenvalue weighted by atomic mass is 10.2. The van der Waals surface area contributed by atoms with Crippen LogP contribution in [-0.2, 0) is 17.8 Å². The number of benzene rings is 2. The lowest BCUT2D eigenvalue weighted by Gasteiger charge is -2.12. The molecule has 0 amide bonds. The van der Waals surface area contributed by atoms with E-state index in [0.29, 0.717) is 33.8 Å². The number of methoxy groups -OCH3 is 1. The maximum absolute atomic E-state index is 10.9. The number of aromatic nitrogens is 1. The van der Waals surface area contributed by atoms with Crippen molar-refractivity contribution in [2.45, 2.75) is 13.0 Å². The molecule has 0 aliphatic carbocycles. The predicted molar refractivity (Wildman–Crippen MR) is 101 cm³/mol. The molecular formula is C19H16ClNO4S. The monoisotopic (exact) mass is 389 g/mol. The normalized spacial score (nSPS) is 10.5. The van der Waals surface area contributed by atoms with Gasteiger partial charge in [-0.2, -0.15) is 0 Å². The van der Waals surface area contributed by atoms with Crippen LogP contribution in [0.2, 0.25) is 5.02 Å². The van der Waals surface area contributed by atoms with Gasteiger partial charge in [-0.3, -0.25) is 4.79 Å². The Hall–Kier alpha value is -2.57. The van der Waals surface area contributed by atoms with Crippen LogP contribution in [0.4, 0.5) is 0 Å². The zero-order valence-corrected chi connectivity index (χ0v) is 15.5. The van der Waals surface area contributed by atoms with E-state index in [1.54, 1.807) is 18.6 Å². The minimum atomic E-state index is -0.907. The summed E-state index contributed by atoms with van der Waals surface area (Å²) in [4.78, 5) is 15.3. The Morgan fingerprint density at radius 3 is 2.69 bits per heavy atom. The average Bonchev–Trinajstić information content (AvgIpc) is 3.08. The third-order valence-corrected chi connectivity index (χ3v) is 4.79. The maximum atomic E-state index is 10.9. The van der Waals surface area contributed by atoms with E-state index in [2.05, 4.69) is 4.98 Å². The molecule has 0 radical (unpaired) electrons. The molecule has 7 heteroatoms. The Labute approximate surface area is 159 Å². The van der Waals surface area contributed by atoms with Gasteiger partial charge in [-0.1, -0.05) is 23.7 Å². The molecule has 3 rings (SSSR count). The SMILES string of the molecule is COc1ccc(-c2nc(CC(=O)O)cs2)c(OCc2ccc(Cl)cc2)c1. The van der Waals surface area contributed by atoms with Crippen LogP contribution in [0.3, 0.4) is 0 Å². The number of rotatable bonds is 7. The van der Waals surface area contributed by atoms with Gasteiger partial charge in [0.1, 0.15) is 23.1 Å². The number of halogens is 1. The number of ether oxygens (including phenoxy) is 2. The van der Waals surface area contributed by atoms with Crippen LogP contribution in [0.5, 0.6) is 11.5 Å². The van der Waals surface area contributed by atoms with E-state index in [-0.39, 0.29) is 6.42 Å². The van der Waals surface area contributed by atoms with E-state index in [9.17, 15) is 4.79 Å². The molecule has 134 valence electrons. The number of thiazole rings is 1. The quantitative estimate of drug-likeness (QED) is 0.635. The van der Waals surface area contributed by atoms with Crippen molar-refractivity contribution in [2.24, 2.45) is 0 Å². The summed E-state index contributed by atoms with van der Waals surface area (Å²) in [7, 11) is 1.59. The first kappa shape index (κ1) is 18.2. The number of nitrogens with zero attached hydrogens (tertiary/aromatic N) is 1. The molecule has 1 N–H and O–H groups in total. The topological polar surface area (TPSA) is 68.7 Å². The fourth-order valence-corrected chi connectivity index (χ4v) is 3.31. The van der Waals surface area contributed by atoms with Gasteiger partial charge < -0.3 is 14.6 Å². The first-order valence-electron chi connectivity index (χ1n) is 7.77. The van der Waals surface area contributed by atoms with Gasteiger partial charge in [-0.05, 0) is 29.8 Å². The molecule has 26 heavy (non-hydrogen) atoms. The van der Waals surface area contributed by atoms with Gasteiger partial charge in [0, 0.05) is 16.5 Å². The number of carbonyl (C=O) groups is 1. The smallest absolute Gasteiger partial charge is 0.309 e. The lowest BCUT2D eigenvalue weighted by Crippen LogP contribution is -2.00. The van der Waals surface area contributed by atoms with Crippen molar-refractivity contribution < 1.29 is 19.4 Å². The summed E-state index contributed by atoms with van der Waals surface area (Å²) in [6, 6.07) is 12.9. The van der Waals surface area contributed by atoms with Gasteiger partial charge in [-0.25, -0.2) is 4.98 Å². The summed E-state index contributed by atoms with van der Waals surface area (Å²) >= 11 is 7.29. The van der Waals surface area contributed by atoms with Crippen LogP contribution in [0.25, 0.3) is 10.6 Å². The summed E-state index contributed by atoms with van der Waals surface area (Å²) in [5, 5.41) is 12.0. The molecule has 0 saturated carbocycles. The molecule has 0 bridgehead atoms. The highest BCUT2D eigenvalue weighted by Crippen LogP contribution is 2.35. The van der Waals surface area contributed by atoms with Crippen LogP contribution in [0, 0.1) is 0 Å². The van der Waals surface area contributed by atoms with Crippen molar-refractivity contribution in [3.05, 3.63) is 64.1 Å². The molecule has 0 spiro atoms. The van der Waals surface area contributed by atoms with Crippen molar-refractivity contribution in [1.29, 1.82) is 0 Å². The fourth-order valence-electron chi connectivity index (χ4n) is 2.33. The van der Waals surface area contributed by atoms with Gasteiger partial charge >= 0.3 is 5.97 Å². The van der Waals surface area contributed by atoms with Gasteiger partial charge in [-0.15, -0.1) is 11.3 Å². The molecular weight excluding hydrogens is 374 g/mol. The molecule has 0 unspecified atom stereocenters. The number of carboxylic acids is 1. The summed E-state index contributed by atoms with van der Waals surface area (Å²) in [5.41, 5.74) is 2.30. The van der Waals surface area contributed by atoms with Crippen molar-refractivity contribution in [2.75, 3.05) is 7.11 Å². The minimum absolute atomic E-state index is 0.104. The largest absolute Gasteiger partial charge is 0.497 e. The van der Waals surface area contributed by atoms with Crippen LogP contribution >= 0.6 is 22.9 Å². The zero-order valence-electron chi connectivity index (χ0n) is 13.9. The Bertz CT molecular complexity index is 908. The second-order valence-corrected chi connectivity index (χ2v) is 6.79. The Morgan fingerprint density at radius 1 is 1.23 bits per heavy atom. The molecule has 2 aromatic carbocycles. The molecule has 5 nitrogen and oxygen atoms in total. The van der Waals surface area contributed by atoms with Gasteiger partial charge in [0.05, 0.1) is 24.8 Å². The Morgan fingerprint density at radius 2 is 2.00 bits per heavy atom. The van der Waals surface area contributed by atoms with Gasteiger partial charge in [0.2, 0.25) is 0 Å². The molecule has 0 saturated heterocycles. The fraction of sp³-hybridized carbons (Fsp3) is 0.158. The van der Waals surface area contributed by atoms with Crippen molar-refractivity contribution in [3.8, 4) is 22.1 Å². The van der Waals surface area contributed by atoms with Crippen LogP contribution in [0.15, 0.2) is 47.8 Å². The van der Waals surface area contributed by atoms with E-state index in [4.69, 9.17) is 26.2 Å². The molecule has 0 atom stereocenters. The third-order valence-electron chi connectivity index (χ3n) is 3.61. The van der Waals surface area contributed by atoms with E-state index in [1.807, 2.05) is 36.4 Å². The average molecular weight is 390 g/mol. The molecule has 0 aliphatic heterocycles. The van der Waals surface area contributed by atoms with Gasteiger partial charge in [0.25, 0.3) is 0 Å². The van der Waals surface area contributed by atoms with Crippen molar-refractivity contribution >= 4 is 28.9 Å². The van der Waals surface area contributed by atoms with Crippen LogP contribution in [-0.4, -0.2) is 23.2 Å². The number of aliphatic carboxylic acids is 1. The second kappa shape index (κ2) is 8.21. The molecule has 1 aromatic heterocycles. The summed E-state index contributed by atoms with van der Waals surface area (Å²) in [6.45, 7) is 0.366. The van der Waals surface area contributed by atoms with Crippen LogP contribution in [0.1, 0.15) is 11.3 Å². The molecule has 3 aromatic rings. The second-order valence-electron chi connectivity index (χ2n) is 5.49. The molecule has 0 fully saturated rings. The summed E-state index contributed by atoms with van der Waals surface area (Å²) < 4.78 is 11.3. The van der Waals surface area contributed by atoms with Crippen molar-refractivity contribution in [1.82, 2.24) is 4.98 Å². The highest BCUT2D eigenvalue weighted by molar-refractivity contribution is 7.13. The predicted octanol–water partition coefficient (Wildman–Crippen LogP) is 4.68. The van der Waals surface area contributed by atoms with Crippen LogP contribution < -0.4 is 9.47 Å². The van der Waals surface area contributed by atoms with E-state index in [0.717, 1.165) is 11.1 Å². The Balaban J connectivity index is 1.86. The first-order chi connectivity index (χ1) is 12.5. The first-order valence-corrected chi connectivity index (χ1v) is 9.03. The van der Waals surface area contributed by atoms with E-state index < -0.39 is 5.97 Å². The molecule has 0 aliphatic rings. The summed E-state index contributed by atoms with van der Waals surface area (Å²) in [5.74, 6) is 0.383. The lowest BCUT2D eigenvalue weighted by molar-refractivity contribution is -0.136. The number of hydrogen-bond donors (Lipinski definition) is 1. The standard InChI is InChI=1S/C19H16ClNO4S/c1-24-15-6-7-16(19-21-14(11-26-19)8-18(22)23)17(9-15)25-10-12-2-4-13(20)5-3-12/h2-7,9,11H,8,10H2,1H3,(H,22,23). The van der Waals surface area contributed by atoms with Crippen molar-refractivity contribution in [3.63, 3.8) is 0 Å². The number of carboxylic acid groups (broad SMARTS) is 1. The zero-order chi connectivity index (χ0) is 18.5.